The molecule has 0 saturated heterocycles. The molecule has 2 heteroatoms. The molecule has 1 rings (SSSR count). The number of rotatable bonds is 3. The van der Waals surface area contributed by atoms with E-state index in [1.165, 1.54) is 16.7 Å². The fourth-order valence-corrected chi connectivity index (χ4v) is 1.65. The third-order valence-corrected chi connectivity index (χ3v) is 2.73. The zero-order chi connectivity index (χ0) is 8.97. The summed E-state index contributed by atoms with van der Waals surface area (Å²) in [4.78, 5) is 0. The molecule has 0 saturated carbocycles. The van der Waals surface area contributed by atoms with Gasteiger partial charge in [0.1, 0.15) is 7.85 Å². The van der Waals surface area contributed by atoms with Crippen LogP contribution >= 0.6 is 15.9 Å². The lowest BCUT2D eigenvalue weighted by molar-refractivity contribution is 1.12. The lowest BCUT2D eigenvalue weighted by Gasteiger charge is -2.04. The van der Waals surface area contributed by atoms with E-state index in [2.05, 4.69) is 48.9 Å². The molecule has 0 aliphatic rings. The van der Waals surface area contributed by atoms with Gasteiger partial charge in [-0.1, -0.05) is 52.9 Å². The van der Waals surface area contributed by atoms with Crippen LogP contribution in [0.5, 0.6) is 0 Å². The number of hydrogen-bond donors (Lipinski definition) is 0. The molecule has 64 valence electrons. The monoisotopic (exact) mass is 224 g/mol. The molecule has 0 unspecified atom stereocenters. The largest absolute Gasteiger partial charge is 0.107 e. The van der Waals surface area contributed by atoms with Crippen LogP contribution < -0.4 is 0 Å². The van der Waals surface area contributed by atoms with Gasteiger partial charge in [-0.05, 0) is 17.5 Å². The molecule has 0 aliphatic heterocycles. The maximum absolute atomic E-state index is 3.48. The van der Waals surface area contributed by atoms with Gasteiger partial charge >= 0.3 is 0 Å². The number of aryl methyl sites for hydroxylation is 1. The van der Waals surface area contributed by atoms with Crippen molar-refractivity contribution < 1.29 is 0 Å². The van der Waals surface area contributed by atoms with Crippen molar-refractivity contribution >= 4 is 23.8 Å². The molecule has 0 radical (unpaired) electrons. The summed E-state index contributed by atoms with van der Waals surface area (Å²) in [6, 6.07) is 6.84. The van der Waals surface area contributed by atoms with Crippen molar-refractivity contribution in [3.63, 3.8) is 0 Å². The van der Waals surface area contributed by atoms with Gasteiger partial charge in [0.25, 0.3) is 0 Å². The van der Waals surface area contributed by atoms with Crippen LogP contribution in [0.2, 0.25) is 0 Å². The molecule has 0 fully saturated rings. The second-order valence-electron chi connectivity index (χ2n) is 3.00. The van der Waals surface area contributed by atoms with E-state index < -0.39 is 0 Å². The summed E-state index contributed by atoms with van der Waals surface area (Å²) in [5.74, 6) is 0. The van der Waals surface area contributed by atoms with E-state index in [1.54, 1.807) is 0 Å². The van der Waals surface area contributed by atoms with E-state index in [-0.39, 0.29) is 0 Å². The molecule has 0 atom stereocenters. The van der Waals surface area contributed by atoms with Gasteiger partial charge in [0.15, 0.2) is 0 Å². The summed E-state index contributed by atoms with van der Waals surface area (Å²) in [5.41, 5.74) is 4.29. The molecule has 0 heterocycles. The Kier molecular flexibility index (Phi) is 3.86. The third-order valence-electron chi connectivity index (χ3n) is 2.08. The van der Waals surface area contributed by atoms with Crippen molar-refractivity contribution in [3.05, 3.63) is 34.9 Å². The average Bonchev–Trinajstić information content (AvgIpc) is 2.16. The lowest BCUT2D eigenvalue weighted by atomic mass is 9.93. The Morgan fingerprint density at radius 1 is 1.17 bits per heavy atom. The average molecular weight is 225 g/mol. The number of alkyl halides is 1. The summed E-state index contributed by atoms with van der Waals surface area (Å²) < 4.78 is 0. The Morgan fingerprint density at radius 2 is 1.75 bits per heavy atom. The van der Waals surface area contributed by atoms with Crippen LogP contribution in [0.4, 0.5) is 0 Å². The minimum atomic E-state index is 0.966. The second-order valence-corrected chi connectivity index (χ2v) is 3.56. The van der Waals surface area contributed by atoms with Crippen LogP contribution in [0.15, 0.2) is 18.2 Å². The second kappa shape index (κ2) is 4.71. The van der Waals surface area contributed by atoms with Gasteiger partial charge in [-0.2, -0.15) is 0 Å². The van der Waals surface area contributed by atoms with Crippen LogP contribution in [0, 0.1) is 0 Å². The fraction of sp³-hybridized carbons (Fsp3) is 0.400. The standard InChI is InChI=1S/C10H14BBr/c1-2-8-3-9(6-11)5-10(4-8)7-12/h3-5H,2,6-7,11H2,1H3. The van der Waals surface area contributed by atoms with Gasteiger partial charge < -0.3 is 0 Å². The molecule has 0 nitrogen and oxygen atoms in total. The summed E-state index contributed by atoms with van der Waals surface area (Å²) in [6.07, 6.45) is 2.27. The summed E-state index contributed by atoms with van der Waals surface area (Å²) in [7, 11) is 2.20. The zero-order valence-corrected chi connectivity index (χ0v) is 9.32. The molecule has 0 aliphatic carbocycles. The Hall–Kier alpha value is -0.235. The maximum atomic E-state index is 3.48. The van der Waals surface area contributed by atoms with Gasteiger partial charge in [-0.25, -0.2) is 0 Å². The Morgan fingerprint density at radius 3 is 2.25 bits per heavy atom. The van der Waals surface area contributed by atoms with Crippen molar-refractivity contribution in [2.24, 2.45) is 0 Å². The molecular formula is C10H14BBr. The van der Waals surface area contributed by atoms with Crippen LogP contribution in [0.25, 0.3) is 0 Å². The molecule has 0 spiro atoms. The predicted molar refractivity (Wildman–Crippen MR) is 60.7 cm³/mol. The molecular weight excluding hydrogens is 211 g/mol. The van der Waals surface area contributed by atoms with Gasteiger partial charge in [-0.15, -0.1) is 0 Å². The smallest absolute Gasteiger partial charge is 0.0876 e. The molecule has 1 aromatic rings. The van der Waals surface area contributed by atoms with Gasteiger partial charge in [-0.3, -0.25) is 0 Å². The van der Waals surface area contributed by atoms with Crippen molar-refractivity contribution in [2.45, 2.75) is 25.0 Å². The minimum Gasteiger partial charge on any atom is -0.0876 e. The Labute approximate surface area is 83.9 Å². The van der Waals surface area contributed by atoms with Crippen LogP contribution in [0.3, 0.4) is 0 Å². The van der Waals surface area contributed by atoms with Crippen LogP contribution in [-0.2, 0) is 18.1 Å². The SMILES string of the molecule is BCc1cc(CC)cc(CBr)c1. The summed E-state index contributed by atoms with van der Waals surface area (Å²) in [6.45, 7) is 2.20. The van der Waals surface area contributed by atoms with E-state index >= 15 is 0 Å². The highest BCUT2D eigenvalue weighted by molar-refractivity contribution is 9.08. The van der Waals surface area contributed by atoms with Crippen molar-refractivity contribution in [1.29, 1.82) is 0 Å². The van der Waals surface area contributed by atoms with Crippen LogP contribution in [0.1, 0.15) is 23.6 Å². The minimum absolute atomic E-state index is 0.966. The Bertz CT molecular complexity index is 203. The molecule has 0 N–H and O–H groups in total. The maximum Gasteiger partial charge on any atom is 0.107 e. The lowest BCUT2D eigenvalue weighted by Crippen LogP contribution is -1.90. The first kappa shape index (κ1) is 9.85. The molecule has 0 bridgehead atoms. The van der Waals surface area contributed by atoms with Gasteiger partial charge in [0, 0.05) is 5.33 Å². The van der Waals surface area contributed by atoms with Gasteiger partial charge in [0.2, 0.25) is 0 Å². The van der Waals surface area contributed by atoms with Gasteiger partial charge in [0.05, 0.1) is 0 Å². The van der Waals surface area contributed by atoms with Crippen molar-refractivity contribution in [1.82, 2.24) is 0 Å². The molecule has 1 aromatic carbocycles. The third kappa shape index (κ3) is 2.38. The topological polar surface area (TPSA) is 0 Å². The number of hydrogen-bond acceptors (Lipinski definition) is 0. The molecule has 0 aromatic heterocycles. The first-order valence-corrected chi connectivity index (χ1v) is 5.60. The fourth-order valence-electron chi connectivity index (χ4n) is 1.32. The molecule has 12 heavy (non-hydrogen) atoms. The highest BCUT2D eigenvalue weighted by Crippen LogP contribution is 2.13. The number of halogens is 1. The first-order valence-electron chi connectivity index (χ1n) is 4.47. The van der Waals surface area contributed by atoms with Crippen LogP contribution in [-0.4, -0.2) is 7.85 Å². The van der Waals surface area contributed by atoms with E-state index in [1.807, 2.05) is 0 Å². The van der Waals surface area contributed by atoms with E-state index in [9.17, 15) is 0 Å². The summed E-state index contributed by atoms with van der Waals surface area (Å²) >= 11 is 3.48. The van der Waals surface area contributed by atoms with Crippen molar-refractivity contribution in [3.8, 4) is 0 Å². The highest BCUT2D eigenvalue weighted by atomic mass is 79.9. The molecule has 0 amide bonds. The first-order chi connectivity index (χ1) is 5.80. The van der Waals surface area contributed by atoms with E-state index in [0.717, 1.165) is 18.1 Å². The summed E-state index contributed by atoms with van der Waals surface area (Å²) in [5, 5.41) is 0.966. The predicted octanol–water partition coefficient (Wildman–Crippen LogP) is 2.28. The normalized spacial score (nSPS) is 10.2. The number of benzene rings is 1. The quantitative estimate of drug-likeness (QED) is 0.546. The highest BCUT2D eigenvalue weighted by Gasteiger charge is 1.97. The van der Waals surface area contributed by atoms with E-state index in [4.69, 9.17) is 0 Å². The van der Waals surface area contributed by atoms with Crippen molar-refractivity contribution in [2.75, 3.05) is 0 Å². The van der Waals surface area contributed by atoms with E-state index in [0.29, 0.717) is 0 Å². The zero-order valence-electron chi connectivity index (χ0n) is 7.73. The Balaban J connectivity index is 3.01.